The summed E-state index contributed by atoms with van der Waals surface area (Å²) < 4.78 is 18.9. The van der Waals surface area contributed by atoms with Gasteiger partial charge in [-0.05, 0) is 135 Å². The molecular weight excluding hydrogens is 692 g/mol. The van der Waals surface area contributed by atoms with E-state index >= 15 is 0 Å². The van der Waals surface area contributed by atoms with Gasteiger partial charge in [0.1, 0.15) is 17.2 Å². The molecule has 0 unspecified atom stereocenters. The van der Waals surface area contributed by atoms with Crippen molar-refractivity contribution < 1.29 is 14.2 Å². The Morgan fingerprint density at radius 2 is 0.564 bits per heavy atom. The fourth-order valence-electron chi connectivity index (χ4n) is 7.57. The van der Waals surface area contributed by atoms with Crippen LogP contribution in [0.25, 0.3) is 0 Å². The first kappa shape index (κ1) is 46.9. The molecule has 0 bridgehead atoms. The summed E-state index contributed by atoms with van der Waals surface area (Å²) in [4.78, 5) is 0. The molecular formula is C51H81O3P. The van der Waals surface area contributed by atoms with Gasteiger partial charge in [-0.15, -0.1) is 0 Å². The first-order valence-corrected chi connectivity index (χ1v) is 24.3. The molecule has 0 saturated heterocycles. The van der Waals surface area contributed by atoms with Crippen molar-refractivity contribution in [2.75, 3.05) is 19.8 Å². The van der Waals surface area contributed by atoms with Crippen LogP contribution < -0.4 is 30.1 Å². The van der Waals surface area contributed by atoms with Crippen LogP contribution in [0.1, 0.15) is 192 Å². The number of rotatable bonds is 33. The maximum atomic E-state index is 6.30. The molecule has 0 heterocycles. The monoisotopic (exact) mass is 773 g/mol. The lowest BCUT2D eigenvalue weighted by Gasteiger charge is -2.25. The number of hydrogen-bond acceptors (Lipinski definition) is 3. The van der Waals surface area contributed by atoms with Gasteiger partial charge in [0.05, 0.1) is 19.8 Å². The van der Waals surface area contributed by atoms with Crippen LogP contribution in [0.3, 0.4) is 0 Å². The maximum Gasteiger partial charge on any atom is 0.119 e. The van der Waals surface area contributed by atoms with Crippen LogP contribution in [0.2, 0.25) is 0 Å². The van der Waals surface area contributed by atoms with Crippen LogP contribution in [0, 0.1) is 20.8 Å². The molecule has 0 amide bonds. The van der Waals surface area contributed by atoms with Gasteiger partial charge >= 0.3 is 0 Å². The summed E-state index contributed by atoms with van der Waals surface area (Å²) in [6.07, 6.45) is 31.5. The molecule has 3 nitrogen and oxygen atoms in total. The van der Waals surface area contributed by atoms with Crippen LogP contribution in [-0.4, -0.2) is 19.8 Å². The molecule has 0 atom stereocenters. The highest BCUT2D eigenvalue weighted by molar-refractivity contribution is 7.80. The second kappa shape index (κ2) is 29.7. The van der Waals surface area contributed by atoms with Gasteiger partial charge in [-0.1, -0.05) is 156 Å². The van der Waals surface area contributed by atoms with E-state index in [4.69, 9.17) is 14.2 Å². The molecule has 0 aromatic heterocycles. The summed E-state index contributed by atoms with van der Waals surface area (Å²) >= 11 is 0. The van der Waals surface area contributed by atoms with E-state index in [1.807, 2.05) is 0 Å². The second-order valence-corrected chi connectivity index (χ2v) is 18.3. The van der Waals surface area contributed by atoms with Gasteiger partial charge in [0, 0.05) is 0 Å². The van der Waals surface area contributed by atoms with Gasteiger partial charge in [-0.25, -0.2) is 0 Å². The van der Waals surface area contributed by atoms with Crippen molar-refractivity contribution in [1.29, 1.82) is 0 Å². The molecule has 3 aromatic rings. The van der Waals surface area contributed by atoms with E-state index in [2.05, 4.69) is 96.1 Å². The van der Waals surface area contributed by atoms with Crippen LogP contribution in [0.15, 0.2) is 54.6 Å². The van der Waals surface area contributed by atoms with Gasteiger partial charge in [-0.2, -0.15) is 0 Å². The zero-order valence-corrected chi connectivity index (χ0v) is 37.4. The number of ether oxygens (including phenoxy) is 3. The predicted molar refractivity (Wildman–Crippen MR) is 244 cm³/mol. The predicted octanol–water partition coefficient (Wildman–Crippen LogP) is 14.9. The van der Waals surface area contributed by atoms with Crippen molar-refractivity contribution in [3.05, 3.63) is 71.3 Å². The lowest BCUT2D eigenvalue weighted by molar-refractivity contribution is 0.304. The van der Waals surface area contributed by atoms with Crippen LogP contribution in [0.4, 0.5) is 0 Å². The van der Waals surface area contributed by atoms with Crippen molar-refractivity contribution in [3.63, 3.8) is 0 Å². The molecule has 3 rings (SSSR count). The summed E-state index contributed by atoms with van der Waals surface area (Å²) in [7, 11) is -0.795. The standard InChI is InChI=1S/C51H81O3P/c1-7-10-13-16-19-22-25-28-37-52-46-31-34-49(43(4)40-46)55(50-35-32-47(41-44(50)5)53-38-29-26-23-20-17-14-11-8-2)51-36-33-48(42-45(51)6)54-39-30-27-24-21-18-15-12-9-3/h31-36,40-42H,7-30,37-39H2,1-6H3. The molecule has 0 N–H and O–H groups in total. The molecule has 0 fully saturated rings. The fraction of sp³-hybridized carbons (Fsp3) is 0.647. The van der Waals surface area contributed by atoms with E-state index in [1.54, 1.807) is 0 Å². The first-order valence-electron chi connectivity index (χ1n) is 23.0. The summed E-state index contributed by atoms with van der Waals surface area (Å²) in [6.45, 7) is 16.0. The minimum atomic E-state index is -0.795. The Hall–Kier alpha value is -2.51. The van der Waals surface area contributed by atoms with E-state index in [-0.39, 0.29) is 0 Å². The van der Waals surface area contributed by atoms with Crippen LogP contribution >= 0.6 is 7.92 Å². The number of hydrogen-bond donors (Lipinski definition) is 0. The van der Waals surface area contributed by atoms with Gasteiger partial charge in [0.25, 0.3) is 0 Å². The molecule has 4 heteroatoms. The fourth-order valence-corrected chi connectivity index (χ4v) is 10.3. The van der Waals surface area contributed by atoms with Crippen molar-refractivity contribution in [2.24, 2.45) is 0 Å². The smallest absolute Gasteiger partial charge is 0.119 e. The maximum absolute atomic E-state index is 6.30. The van der Waals surface area contributed by atoms with Crippen LogP contribution in [-0.2, 0) is 0 Å². The minimum Gasteiger partial charge on any atom is -0.494 e. The lowest BCUT2D eigenvalue weighted by Crippen LogP contribution is -2.25. The first-order chi connectivity index (χ1) is 27.0. The summed E-state index contributed by atoms with van der Waals surface area (Å²) in [6, 6.07) is 20.4. The Labute approximate surface area is 340 Å². The molecule has 0 aliphatic heterocycles. The topological polar surface area (TPSA) is 27.7 Å². The average Bonchev–Trinajstić information content (AvgIpc) is 3.18. The third-order valence-corrected chi connectivity index (χ3v) is 14.0. The van der Waals surface area contributed by atoms with Crippen molar-refractivity contribution >= 4 is 23.8 Å². The molecule has 0 saturated carbocycles. The quantitative estimate of drug-likeness (QED) is 0.0456. The van der Waals surface area contributed by atoms with E-state index in [9.17, 15) is 0 Å². The van der Waals surface area contributed by atoms with Crippen molar-refractivity contribution in [2.45, 2.75) is 196 Å². The molecule has 0 spiro atoms. The largest absolute Gasteiger partial charge is 0.494 e. The number of benzene rings is 3. The second-order valence-electron chi connectivity index (χ2n) is 16.2. The Kier molecular flexibility index (Phi) is 25.3. The average molecular weight is 773 g/mol. The van der Waals surface area contributed by atoms with Gasteiger partial charge in [0.15, 0.2) is 0 Å². The van der Waals surface area contributed by atoms with Crippen LogP contribution in [0.5, 0.6) is 17.2 Å². The minimum absolute atomic E-state index is 0.793. The normalized spacial score (nSPS) is 11.4. The van der Waals surface area contributed by atoms with Gasteiger partial charge in [-0.3, -0.25) is 0 Å². The lowest BCUT2D eigenvalue weighted by atomic mass is 10.1. The molecule has 55 heavy (non-hydrogen) atoms. The molecule has 0 aliphatic carbocycles. The highest BCUT2D eigenvalue weighted by Gasteiger charge is 2.23. The molecule has 308 valence electrons. The van der Waals surface area contributed by atoms with E-state index < -0.39 is 7.92 Å². The zero-order valence-electron chi connectivity index (χ0n) is 36.5. The van der Waals surface area contributed by atoms with E-state index in [0.717, 1.165) is 56.3 Å². The third-order valence-electron chi connectivity index (χ3n) is 11.0. The third kappa shape index (κ3) is 19.0. The number of aryl methyl sites for hydroxylation is 3. The summed E-state index contributed by atoms with van der Waals surface area (Å²) in [5.41, 5.74) is 3.88. The highest BCUT2D eigenvalue weighted by Crippen LogP contribution is 2.39. The zero-order chi connectivity index (χ0) is 39.4. The van der Waals surface area contributed by atoms with Gasteiger partial charge in [0.2, 0.25) is 0 Å². The van der Waals surface area contributed by atoms with Crippen molar-refractivity contribution in [1.82, 2.24) is 0 Å². The summed E-state index contributed by atoms with van der Waals surface area (Å²) in [5, 5.41) is 4.17. The van der Waals surface area contributed by atoms with Gasteiger partial charge < -0.3 is 14.2 Å². The van der Waals surface area contributed by atoms with E-state index in [1.165, 1.54) is 167 Å². The van der Waals surface area contributed by atoms with Crippen molar-refractivity contribution in [3.8, 4) is 17.2 Å². The Morgan fingerprint density at radius 1 is 0.327 bits per heavy atom. The molecule has 0 radical (unpaired) electrons. The summed E-state index contributed by atoms with van der Waals surface area (Å²) in [5.74, 6) is 2.96. The highest BCUT2D eigenvalue weighted by atomic mass is 31.1. The van der Waals surface area contributed by atoms with E-state index in [0.29, 0.717) is 0 Å². The Morgan fingerprint density at radius 3 is 0.800 bits per heavy atom. The molecule has 0 aliphatic rings. The SMILES string of the molecule is CCCCCCCCCCOc1ccc(P(c2ccc(OCCCCCCCCCC)cc2C)c2ccc(OCCCCCCCCCC)cc2C)c(C)c1. The Bertz CT molecular complexity index is 1250. The Balaban J connectivity index is 1.68. The molecule has 3 aromatic carbocycles. The number of unbranched alkanes of at least 4 members (excludes halogenated alkanes) is 21.